The molecule has 5 N–H and O–H groups in total. The predicted molar refractivity (Wildman–Crippen MR) is 90.0 cm³/mol. The molecule has 0 bridgehead atoms. The van der Waals surface area contributed by atoms with Crippen molar-refractivity contribution < 1.29 is 4.79 Å². The minimum Gasteiger partial charge on any atom is -0.397 e. The molecule has 0 heterocycles. The Morgan fingerprint density at radius 3 is 2.50 bits per heavy atom. The molecule has 0 saturated heterocycles. The minimum absolute atomic E-state index is 0.176. The van der Waals surface area contributed by atoms with Gasteiger partial charge in [0.05, 0.1) is 11.4 Å². The van der Waals surface area contributed by atoms with E-state index in [1.54, 1.807) is 18.2 Å². The van der Waals surface area contributed by atoms with Gasteiger partial charge in [0, 0.05) is 20.5 Å². The van der Waals surface area contributed by atoms with Crippen LogP contribution in [0.2, 0.25) is 0 Å². The van der Waals surface area contributed by atoms with Crippen molar-refractivity contribution in [2.45, 2.75) is 13.5 Å². The SMILES string of the molecule is CNc1c(N)cccc1N(NCc1ccccc1)NC(C)=O. The van der Waals surface area contributed by atoms with Crippen LogP contribution in [0.5, 0.6) is 0 Å². The lowest BCUT2D eigenvalue weighted by Crippen LogP contribution is -2.50. The first kappa shape index (κ1) is 15.7. The second-order valence-corrected chi connectivity index (χ2v) is 4.82. The van der Waals surface area contributed by atoms with Crippen LogP contribution in [0.15, 0.2) is 48.5 Å². The summed E-state index contributed by atoms with van der Waals surface area (Å²) in [5.74, 6) is -0.176. The van der Waals surface area contributed by atoms with Gasteiger partial charge in [0.2, 0.25) is 5.91 Å². The van der Waals surface area contributed by atoms with E-state index in [1.807, 2.05) is 42.5 Å². The van der Waals surface area contributed by atoms with Crippen molar-refractivity contribution >= 4 is 23.0 Å². The van der Waals surface area contributed by atoms with Crippen LogP contribution in [0.3, 0.4) is 0 Å². The molecule has 0 spiro atoms. The third-order valence-corrected chi connectivity index (χ3v) is 3.12. The molecule has 2 aromatic rings. The number of anilines is 3. The number of hydrogen-bond acceptors (Lipinski definition) is 5. The highest BCUT2D eigenvalue weighted by molar-refractivity contribution is 5.83. The summed E-state index contributed by atoms with van der Waals surface area (Å²) in [6.45, 7) is 2.03. The number of hydrogen-bond donors (Lipinski definition) is 4. The van der Waals surface area contributed by atoms with Gasteiger partial charge in [-0.2, -0.15) is 0 Å². The predicted octanol–water partition coefficient (Wildman–Crippen LogP) is 1.87. The van der Waals surface area contributed by atoms with Crippen LogP contribution in [-0.4, -0.2) is 13.0 Å². The van der Waals surface area contributed by atoms with Crippen LogP contribution in [-0.2, 0) is 11.3 Å². The Morgan fingerprint density at radius 1 is 1.14 bits per heavy atom. The zero-order valence-corrected chi connectivity index (χ0v) is 12.8. The Hall–Kier alpha value is -2.73. The highest BCUT2D eigenvalue weighted by atomic mass is 16.2. The van der Waals surface area contributed by atoms with Crippen molar-refractivity contribution in [2.24, 2.45) is 0 Å². The number of para-hydroxylation sites is 1. The van der Waals surface area contributed by atoms with E-state index < -0.39 is 0 Å². The van der Waals surface area contributed by atoms with Crippen molar-refractivity contribution in [3.8, 4) is 0 Å². The maximum Gasteiger partial charge on any atom is 0.236 e. The first-order valence-electron chi connectivity index (χ1n) is 7.03. The largest absolute Gasteiger partial charge is 0.397 e. The molecule has 0 atom stereocenters. The number of nitrogens with two attached hydrogens (primary N) is 1. The molecule has 6 nitrogen and oxygen atoms in total. The third-order valence-electron chi connectivity index (χ3n) is 3.12. The average molecular weight is 299 g/mol. The van der Waals surface area contributed by atoms with E-state index in [2.05, 4.69) is 16.2 Å². The first-order chi connectivity index (χ1) is 10.6. The zero-order valence-electron chi connectivity index (χ0n) is 12.8. The number of hydrazine groups is 2. The first-order valence-corrected chi connectivity index (χ1v) is 7.03. The van der Waals surface area contributed by atoms with E-state index in [0.29, 0.717) is 12.2 Å². The fraction of sp³-hybridized carbons (Fsp3) is 0.188. The lowest BCUT2D eigenvalue weighted by Gasteiger charge is -2.27. The van der Waals surface area contributed by atoms with Gasteiger partial charge in [0.1, 0.15) is 5.69 Å². The maximum atomic E-state index is 11.5. The number of amides is 1. The molecule has 1 amide bonds. The molecule has 0 unspecified atom stereocenters. The summed E-state index contributed by atoms with van der Waals surface area (Å²) in [7, 11) is 1.79. The van der Waals surface area contributed by atoms with Crippen LogP contribution in [0.4, 0.5) is 17.1 Å². The average Bonchev–Trinajstić information content (AvgIpc) is 2.52. The number of nitrogen functional groups attached to an aromatic ring is 1. The number of benzene rings is 2. The van der Waals surface area contributed by atoms with E-state index in [1.165, 1.54) is 6.92 Å². The van der Waals surface area contributed by atoms with Gasteiger partial charge in [-0.15, -0.1) is 0 Å². The Kier molecular flexibility index (Phi) is 5.21. The van der Waals surface area contributed by atoms with E-state index >= 15 is 0 Å². The van der Waals surface area contributed by atoms with Gasteiger partial charge in [-0.25, -0.2) is 10.5 Å². The highest BCUT2D eigenvalue weighted by Crippen LogP contribution is 2.29. The van der Waals surface area contributed by atoms with Crippen molar-refractivity contribution in [2.75, 3.05) is 23.2 Å². The van der Waals surface area contributed by atoms with E-state index in [0.717, 1.165) is 16.9 Å². The zero-order chi connectivity index (χ0) is 15.9. The van der Waals surface area contributed by atoms with Gasteiger partial charge in [0.15, 0.2) is 0 Å². The molecule has 2 rings (SSSR count). The monoisotopic (exact) mass is 299 g/mol. The quantitative estimate of drug-likeness (QED) is 0.483. The van der Waals surface area contributed by atoms with E-state index in [-0.39, 0.29) is 5.91 Å². The van der Waals surface area contributed by atoms with Gasteiger partial charge in [-0.1, -0.05) is 36.4 Å². The maximum absolute atomic E-state index is 11.5. The molecule has 6 heteroatoms. The van der Waals surface area contributed by atoms with Gasteiger partial charge in [-0.3, -0.25) is 10.2 Å². The molecule has 0 saturated carbocycles. The Morgan fingerprint density at radius 2 is 1.86 bits per heavy atom. The van der Waals surface area contributed by atoms with Crippen molar-refractivity contribution in [3.63, 3.8) is 0 Å². The van der Waals surface area contributed by atoms with Crippen molar-refractivity contribution in [1.82, 2.24) is 10.9 Å². The van der Waals surface area contributed by atoms with E-state index in [4.69, 9.17) is 5.73 Å². The number of carbonyl (C=O) groups excluding carboxylic acids is 1. The van der Waals surface area contributed by atoms with E-state index in [9.17, 15) is 4.79 Å². The van der Waals surface area contributed by atoms with Crippen molar-refractivity contribution in [1.29, 1.82) is 0 Å². The number of rotatable bonds is 6. The number of nitrogens with one attached hydrogen (secondary N) is 3. The summed E-state index contributed by atoms with van der Waals surface area (Å²) >= 11 is 0. The van der Waals surface area contributed by atoms with Gasteiger partial charge in [-0.05, 0) is 17.7 Å². The second kappa shape index (κ2) is 7.33. The molecular formula is C16H21N5O. The lowest BCUT2D eigenvalue weighted by atomic mass is 10.2. The Bertz CT molecular complexity index is 630. The van der Waals surface area contributed by atoms with Crippen LogP contribution in [0.25, 0.3) is 0 Å². The summed E-state index contributed by atoms with van der Waals surface area (Å²) in [6, 6.07) is 15.4. The third kappa shape index (κ3) is 3.89. The Labute approximate surface area is 130 Å². The van der Waals surface area contributed by atoms with Gasteiger partial charge < -0.3 is 11.1 Å². The molecule has 2 aromatic carbocycles. The standard InChI is InChI=1S/C16H21N5O/c1-12(22)20-21(19-11-13-7-4-3-5-8-13)15-10-6-9-14(17)16(15)18-2/h3-10,18-19H,11,17H2,1-2H3,(H,20,22). The molecule has 0 aliphatic carbocycles. The summed E-state index contributed by atoms with van der Waals surface area (Å²) in [5.41, 5.74) is 15.1. The number of carbonyl (C=O) groups is 1. The fourth-order valence-corrected chi connectivity index (χ4v) is 2.12. The van der Waals surface area contributed by atoms with Gasteiger partial charge >= 0.3 is 0 Å². The van der Waals surface area contributed by atoms with Crippen molar-refractivity contribution in [3.05, 3.63) is 54.1 Å². The molecule has 0 aromatic heterocycles. The molecule has 0 aliphatic heterocycles. The second-order valence-electron chi connectivity index (χ2n) is 4.82. The summed E-state index contributed by atoms with van der Waals surface area (Å²) in [4.78, 5) is 11.5. The molecule has 0 radical (unpaired) electrons. The van der Waals surface area contributed by atoms with Crippen LogP contribution >= 0.6 is 0 Å². The molecule has 116 valence electrons. The van der Waals surface area contributed by atoms with Crippen LogP contribution in [0, 0.1) is 0 Å². The van der Waals surface area contributed by atoms with Gasteiger partial charge in [0.25, 0.3) is 0 Å². The summed E-state index contributed by atoms with van der Waals surface area (Å²) in [5, 5.41) is 4.64. The van der Waals surface area contributed by atoms with Crippen LogP contribution in [0.1, 0.15) is 12.5 Å². The normalized spacial score (nSPS) is 10.1. The summed E-state index contributed by atoms with van der Waals surface area (Å²) in [6.07, 6.45) is 0. The smallest absolute Gasteiger partial charge is 0.236 e. The lowest BCUT2D eigenvalue weighted by molar-refractivity contribution is -0.119. The minimum atomic E-state index is -0.176. The molecule has 0 fully saturated rings. The summed E-state index contributed by atoms with van der Waals surface area (Å²) < 4.78 is 0. The topological polar surface area (TPSA) is 82.4 Å². The Balaban J connectivity index is 2.23. The van der Waals surface area contributed by atoms with Crippen LogP contribution < -0.4 is 27.0 Å². The number of nitrogens with zero attached hydrogens (tertiary/aromatic N) is 1. The highest BCUT2D eigenvalue weighted by Gasteiger charge is 2.13. The molecule has 0 aliphatic rings. The molecular weight excluding hydrogens is 278 g/mol. The molecule has 22 heavy (non-hydrogen) atoms. The fourth-order valence-electron chi connectivity index (χ4n) is 2.12.